The molecular formula is C12H15N2OPY-2. The molecule has 89 valence electrons. The predicted molar refractivity (Wildman–Crippen MR) is 70.8 cm³/mol. The van der Waals surface area contributed by atoms with Crippen LogP contribution in [-0.4, -0.2) is 18.0 Å². The Hall–Kier alpha value is -0.106. The van der Waals surface area contributed by atoms with Gasteiger partial charge in [-0.25, -0.2) is 0 Å². The molecule has 0 aliphatic heterocycles. The van der Waals surface area contributed by atoms with Gasteiger partial charge in [0.05, 0.1) is 0 Å². The second-order valence-corrected chi connectivity index (χ2v) is 3.74. The van der Waals surface area contributed by atoms with E-state index in [4.69, 9.17) is 0 Å². The number of aliphatic imine (C=N–C) groups is 1. The SMILES string of the molecule is [CH2-]CCN(/C(C)=N/C(=O)P)c1[c-]cccc1.[Y]. The number of anilines is 1. The molecule has 0 N–H and O–H groups in total. The van der Waals surface area contributed by atoms with Gasteiger partial charge in [-0.1, -0.05) is 5.69 Å². The first-order chi connectivity index (χ1) is 7.65. The second kappa shape index (κ2) is 8.91. The molecule has 0 heterocycles. The Kier molecular flexibility index (Phi) is 8.85. The summed E-state index contributed by atoms with van der Waals surface area (Å²) < 4.78 is 0. The van der Waals surface area contributed by atoms with Crippen molar-refractivity contribution >= 4 is 26.4 Å². The van der Waals surface area contributed by atoms with Crippen LogP contribution in [0, 0.1) is 13.0 Å². The Labute approximate surface area is 130 Å². The third-order valence-corrected chi connectivity index (χ3v) is 2.16. The van der Waals surface area contributed by atoms with E-state index in [0.29, 0.717) is 12.4 Å². The summed E-state index contributed by atoms with van der Waals surface area (Å²) in [7, 11) is 2.04. The van der Waals surface area contributed by atoms with Crippen molar-refractivity contribution in [1.82, 2.24) is 0 Å². The summed E-state index contributed by atoms with van der Waals surface area (Å²) >= 11 is 0. The molecule has 5 heteroatoms. The number of hydrogen-bond donors (Lipinski definition) is 0. The molecule has 1 aromatic carbocycles. The Balaban J connectivity index is 0.00000256. The van der Waals surface area contributed by atoms with Gasteiger partial charge in [0.25, 0.3) is 5.65 Å². The van der Waals surface area contributed by atoms with E-state index in [2.05, 4.69) is 18.0 Å². The molecule has 1 atom stereocenters. The van der Waals surface area contributed by atoms with Gasteiger partial charge in [0.2, 0.25) is 0 Å². The molecule has 0 spiro atoms. The zero-order chi connectivity index (χ0) is 12.0. The average Bonchev–Trinajstić information content (AvgIpc) is 2.26. The van der Waals surface area contributed by atoms with E-state index in [1.807, 2.05) is 38.4 Å². The minimum absolute atomic E-state index is 0. The molecule has 1 amide bonds. The second-order valence-electron chi connectivity index (χ2n) is 3.25. The minimum atomic E-state index is -0.275. The van der Waals surface area contributed by atoms with Gasteiger partial charge in [0, 0.05) is 32.7 Å². The molecule has 0 aromatic heterocycles. The van der Waals surface area contributed by atoms with Gasteiger partial charge >= 0.3 is 0 Å². The van der Waals surface area contributed by atoms with Crippen LogP contribution in [0.3, 0.4) is 0 Å². The summed E-state index contributed by atoms with van der Waals surface area (Å²) in [6, 6.07) is 10.7. The summed E-state index contributed by atoms with van der Waals surface area (Å²) in [5.74, 6) is 0.658. The fraction of sp³-hybridized carbons (Fsp3) is 0.250. The van der Waals surface area contributed by atoms with Gasteiger partial charge in [-0.3, -0.25) is 4.79 Å². The molecule has 1 aromatic rings. The average molecular weight is 323 g/mol. The molecule has 0 fully saturated rings. The summed E-state index contributed by atoms with van der Waals surface area (Å²) in [4.78, 5) is 16.7. The Bertz CT molecular complexity index is 381. The van der Waals surface area contributed by atoms with Gasteiger partial charge in [0.1, 0.15) is 5.84 Å². The number of carbonyl (C=O) groups excluding carboxylic acids is 1. The van der Waals surface area contributed by atoms with Crippen LogP contribution in [0.15, 0.2) is 29.3 Å². The van der Waals surface area contributed by atoms with Crippen molar-refractivity contribution in [2.75, 3.05) is 11.4 Å². The number of amides is 1. The monoisotopic (exact) mass is 323 g/mol. The molecule has 0 saturated heterocycles. The van der Waals surface area contributed by atoms with Crippen LogP contribution in [-0.2, 0) is 32.7 Å². The molecule has 1 unspecified atom stereocenters. The topological polar surface area (TPSA) is 32.7 Å². The third kappa shape index (κ3) is 5.85. The molecule has 3 nitrogen and oxygen atoms in total. The Morgan fingerprint density at radius 1 is 1.59 bits per heavy atom. The van der Waals surface area contributed by atoms with Gasteiger partial charge < -0.3 is 11.8 Å². The van der Waals surface area contributed by atoms with Gasteiger partial charge in [-0.15, -0.1) is 6.07 Å². The first kappa shape index (κ1) is 16.9. The first-order valence-electron chi connectivity index (χ1n) is 5.03. The number of hydrogen-bond acceptors (Lipinski definition) is 1. The maximum absolute atomic E-state index is 10.9. The molecule has 17 heavy (non-hydrogen) atoms. The maximum Gasteiger partial charge on any atom is 0.261 e. The van der Waals surface area contributed by atoms with Crippen LogP contribution < -0.4 is 4.90 Å². The van der Waals surface area contributed by atoms with E-state index < -0.39 is 0 Å². The number of carbonyl (C=O) groups is 1. The number of benzene rings is 1. The Morgan fingerprint density at radius 2 is 2.29 bits per heavy atom. The largest absolute Gasteiger partial charge is 0.356 e. The maximum atomic E-state index is 10.9. The summed E-state index contributed by atoms with van der Waals surface area (Å²) in [5, 5.41) is 0. The normalized spacial score (nSPS) is 10.6. The molecule has 1 rings (SSSR count). The number of rotatable bonds is 3. The summed E-state index contributed by atoms with van der Waals surface area (Å²) in [5.41, 5.74) is 0.626. The smallest absolute Gasteiger partial charge is 0.261 e. The van der Waals surface area contributed by atoms with E-state index in [0.717, 1.165) is 12.1 Å². The third-order valence-electron chi connectivity index (χ3n) is 2.03. The van der Waals surface area contributed by atoms with Crippen LogP contribution in [0.1, 0.15) is 13.3 Å². The number of nitrogens with zero attached hydrogens (tertiary/aromatic N) is 2. The van der Waals surface area contributed by atoms with E-state index in [9.17, 15) is 4.79 Å². The van der Waals surface area contributed by atoms with Crippen molar-refractivity contribution in [3.05, 3.63) is 37.3 Å². The van der Waals surface area contributed by atoms with Crippen LogP contribution in [0.5, 0.6) is 0 Å². The molecular weight excluding hydrogens is 308 g/mol. The predicted octanol–water partition coefficient (Wildman–Crippen LogP) is 2.93. The van der Waals surface area contributed by atoms with Crippen LogP contribution in [0.25, 0.3) is 0 Å². The van der Waals surface area contributed by atoms with Gasteiger partial charge in [-0.05, 0) is 22.7 Å². The molecule has 0 aliphatic carbocycles. The molecule has 0 saturated carbocycles. The van der Waals surface area contributed by atoms with Crippen molar-refractivity contribution in [3.63, 3.8) is 0 Å². The Morgan fingerprint density at radius 3 is 2.76 bits per heavy atom. The van der Waals surface area contributed by atoms with E-state index in [1.54, 1.807) is 6.92 Å². The van der Waals surface area contributed by atoms with Crippen molar-refractivity contribution < 1.29 is 37.5 Å². The van der Waals surface area contributed by atoms with E-state index in [1.165, 1.54) is 0 Å². The van der Waals surface area contributed by atoms with E-state index >= 15 is 0 Å². The van der Waals surface area contributed by atoms with Crippen molar-refractivity contribution in [2.24, 2.45) is 4.99 Å². The van der Waals surface area contributed by atoms with Crippen molar-refractivity contribution in [3.8, 4) is 0 Å². The fourth-order valence-corrected chi connectivity index (χ4v) is 1.57. The molecule has 0 aliphatic rings. The van der Waals surface area contributed by atoms with Gasteiger partial charge in [-0.2, -0.15) is 35.7 Å². The van der Waals surface area contributed by atoms with Crippen molar-refractivity contribution in [1.29, 1.82) is 0 Å². The number of amidine groups is 1. The minimum Gasteiger partial charge on any atom is -0.356 e. The summed E-state index contributed by atoms with van der Waals surface area (Å²) in [6.07, 6.45) is 0.737. The summed E-state index contributed by atoms with van der Waals surface area (Å²) in [6.45, 7) is 6.33. The zero-order valence-corrected chi connectivity index (χ0v) is 13.9. The molecule has 0 bridgehead atoms. The standard InChI is InChI=1S/C12H15N2OP.Y/c1-3-9-14(10(2)13-12(15)16)11-7-5-4-6-8-11;/h4-7H,1,3,9,16H2,2H3;/q-2;/b13-10+;. The quantitative estimate of drug-likeness (QED) is 0.371. The van der Waals surface area contributed by atoms with Gasteiger partial charge in [0.15, 0.2) is 0 Å². The van der Waals surface area contributed by atoms with Crippen molar-refractivity contribution in [2.45, 2.75) is 13.3 Å². The number of para-hydroxylation sites is 1. The van der Waals surface area contributed by atoms with Crippen LogP contribution >= 0.6 is 9.24 Å². The van der Waals surface area contributed by atoms with Crippen LogP contribution in [0.2, 0.25) is 0 Å². The van der Waals surface area contributed by atoms with E-state index in [-0.39, 0.29) is 38.4 Å². The zero-order valence-electron chi connectivity index (χ0n) is 9.89. The first-order valence-corrected chi connectivity index (χ1v) is 5.61. The molecule has 1 radical (unpaired) electrons. The van der Waals surface area contributed by atoms with Crippen LogP contribution in [0.4, 0.5) is 10.5 Å². The fourth-order valence-electron chi connectivity index (χ4n) is 1.39.